The fourth-order valence-corrected chi connectivity index (χ4v) is 3.13. The maximum absolute atomic E-state index is 12.5. The Morgan fingerprint density at radius 1 is 1.28 bits per heavy atom. The SMILES string of the molecule is CS(=O)(=O)CCCC1(N)CCC(C(F)(F)F)CC1. The van der Waals surface area contributed by atoms with E-state index in [4.69, 9.17) is 5.73 Å². The van der Waals surface area contributed by atoms with Crippen molar-refractivity contribution in [1.82, 2.24) is 0 Å². The monoisotopic (exact) mass is 287 g/mol. The third-order valence-electron chi connectivity index (χ3n) is 3.63. The quantitative estimate of drug-likeness (QED) is 0.862. The highest BCUT2D eigenvalue weighted by molar-refractivity contribution is 7.90. The molecular formula is C11H20F3NO2S. The number of halogens is 3. The maximum Gasteiger partial charge on any atom is 0.391 e. The largest absolute Gasteiger partial charge is 0.391 e. The van der Waals surface area contributed by atoms with Crippen LogP contribution in [-0.2, 0) is 9.84 Å². The van der Waals surface area contributed by atoms with Crippen molar-refractivity contribution in [3.05, 3.63) is 0 Å². The van der Waals surface area contributed by atoms with Gasteiger partial charge in [0.05, 0.1) is 5.92 Å². The molecule has 1 fully saturated rings. The number of hydrogen-bond donors (Lipinski definition) is 1. The van der Waals surface area contributed by atoms with Crippen molar-refractivity contribution in [3.8, 4) is 0 Å². The van der Waals surface area contributed by atoms with Gasteiger partial charge in [-0.25, -0.2) is 8.42 Å². The number of sulfone groups is 1. The normalized spacial score (nSPS) is 30.4. The van der Waals surface area contributed by atoms with Gasteiger partial charge in [-0.3, -0.25) is 0 Å². The summed E-state index contributed by atoms with van der Waals surface area (Å²) < 4.78 is 59.4. The van der Waals surface area contributed by atoms with E-state index in [1.54, 1.807) is 0 Å². The van der Waals surface area contributed by atoms with Crippen LogP contribution in [0.3, 0.4) is 0 Å². The van der Waals surface area contributed by atoms with Gasteiger partial charge in [0.2, 0.25) is 0 Å². The van der Waals surface area contributed by atoms with Crippen LogP contribution in [0.25, 0.3) is 0 Å². The second kappa shape index (κ2) is 5.36. The summed E-state index contributed by atoms with van der Waals surface area (Å²) in [6, 6.07) is 0. The van der Waals surface area contributed by atoms with Crippen LogP contribution in [0.15, 0.2) is 0 Å². The van der Waals surface area contributed by atoms with E-state index in [-0.39, 0.29) is 18.6 Å². The minimum Gasteiger partial charge on any atom is -0.325 e. The summed E-state index contributed by atoms with van der Waals surface area (Å²) in [5.41, 5.74) is 5.41. The van der Waals surface area contributed by atoms with E-state index in [0.717, 1.165) is 6.26 Å². The minimum atomic E-state index is -4.13. The second-order valence-corrected chi connectivity index (χ2v) is 7.67. The van der Waals surface area contributed by atoms with Crippen LogP contribution in [-0.4, -0.2) is 32.1 Å². The Kier molecular flexibility index (Phi) is 4.70. The topological polar surface area (TPSA) is 60.2 Å². The molecule has 1 aliphatic carbocycles. The van der Waals surface area contributed by atoms with Crippen molar-refractivity contribution in [3.63, 3.8) is 0 Å². The molecular weight excluding hydrogens is 267 g/mol. The van der Waals surface area contributed by atoms with E-state index in [9.17, 15) is 21.6 Å². The first-order chi connectivity index (χ1) is 8.02. The van der Waals surface area contributed by atoms with Crippen LogP contribution in [0.1, 0.15) is 38.5 Å². The van der Waals surface area contributed by atoms with Gasteiger partial charge in [-0.1, -0.05) is 0 Å². The molecule has 108 valence electrons. The molecule has 0 radical (unpaired) electrons. The van der Waals surface area contributed by atoms with Crippen molar-refractivity contribution in [1.29, 1.82) is 0 Å². The van der Waals surface area contributed by atoms with Gasteiger partial charge < -0.3 is 5.73 Å². The zero-order chi connectivity index (χ0) is 14.0. The van der Waals surface area contributed by atoms with Crippen LogP contribution in [0.5, 0.6) is 0 Å². The lowest BCUT2D eigenvalue weighted by Crippen LogP contribution is -2.45. The summed E-state index contributed by atoms with van der Waals surface area (Å²) in [4.78, 5) is 0. The fraction of sp³-hybridized carbons (Fsp3) is 1.00. The third kappa shape index (κ3) is 5.14. The lowest BCUT2D eigenvalue weighted by Gasteiger charge is -2.37. The maximum atomic E-state index is 12.5. The van der Waals surface area contributed by atoms with Crippen LogP contribution < -0.4 is 5.73 Å². The van der Waals surface area contributed by atoms with Gasteiger partial charge in [-0.2, -0.15) is 13.2 Å². The molecule has 0 saturated heterocycles. The average Bonchev–Trinajstić information content (AvgIpc) is 2.14. The molecule has 2 N–H and O–H groups in total. The second-order valence-electron chi connectivity index (χ2n) is 5.41. The molecule has 0 aromatic carbocycles. The van der Waals surface area contributed by atoms with Crippen molar-refractivity contribution in [2.75, 3.05) is 12.0 Å². The molecule has 18 heavy (non-hydrogen) atoms. The van der Waals surface area contributed by atoms with Crippen LogP contribution in [0, 0.1) is 5.92 Å². The molecule has 0 aliphatic heterocycles. The number of alkyl halides is 3. The first-order valence-corrected chi connectivity index (χ1v) is 8.11. The summed E-state index contributed by atoms with van der Waals surface area (Å²) in [7, 11) is -3.02. The van der Waals surface area contributed by atoms with Gasteiger partial charge >= 0.3 is 6.18 Å². The Morgan fingerprint density at radius 2 is 1.78 bits per heavy atom. The highest BCUT2D eigenvalue weighted by atomic mass is 32.2. The number of rotatable bonds is 4. The molecule has 0 bridgehead atoms. The Labute approximate surface area is 106 Å². The molecule has 1 rings (SSSR count). The van der Waals surface area contributed by atoms with Crippen LogP contribution >= 0.6 is 0 Å². The molecule has 0 atom stereocenters. The van der Waals surface area contributed by atoms with Gasteiger partial charge in [0.1, 0.15) is 9.84 Å². The average molecular weight is 287 g/mol. The smallest absolute Gasteiger partial charge is 0.325 e. The minimum absolute atomic E-state index is 0.0502. The van der Waals surface area contributed by atoms with E-state index >= 15 is 0 Å². The van der Waals surface area contributed by atoms with Gasteiger partial charge in [0.15, 0.2) is 0 Å². The molecule has 1 saturated carbocycles. The van der Waals surface area contributed by atoms with E-state index in [1.807, 2.05) is 0 Å². The first-order valence-electron chi connectivity index (χ1n) is 6.05. The van der Waals surface area contributed by atoms with Crippen molar-refractivity contribution in [2.45, 2.75) is 50.2 Å². The summed E-state index contributed by atoms with van der Waals surface area (Å²) in [5.74, 6) is -1.20. The summed E-state index contributed by atoms with van der Waals surface area (Å²) >= 11 is 0. The van der Waals surface area contributed by atoms with Gasteiger partial charge in [-0.05, 0) is 38.5 Å². The zero-order valence-electron chi connectivity index (χ0n) is 10.5. The number of nitrogens with two attached hydrogens (primary N) is 1. The molecule has 0 heterocycles. The van der Waals surface area contributed by atoms with Crippen molar-refractivity contribution < 1.29 is 21.6 Å². The molecule has 0 amide bonds. The molecule has 0 aromatic rings. The Balaban J connectivity index is 2.40. The molecule has 0 spiro atoms. The van der Waals surface area contributed by atoms with E-state index in [0.29, 0.717) is 25.7 Å². The molecule has 0 unspecified atom stereocenters. The highest BCUT2D eigenvalue weighted by Gasteiger charge is 2.44. The van der Waals surface area contributed by atoms with Gasteiger partial charge in [0.25, 0.3) is 0 Å². The summed E-state index contributed by atoms with van der Waals surface area (Å²) in [5, 5.41) is 0. The first kappa shape index (κ1) is 15.8. The Hall–Kier alpha value is -0.300. The van der Waals surface area contributed by atoms with Gasteiger partial charge in [0, 0.05) is 17.5 Å². The molecule has 3 nitrogen and oxygen atoms in total. The zero-order valence-corrected chi connectivity index (χ0v) is 11.3. The highest BCUT2D eigenvalue weighted by Crippen LogP contribution is 2.41. The van der Waals surface area contributed by atoms with Crippen molar-refractivity contribution in [2.24, 2.45) is 11.7 Å². The summed E-state index contributed by atoms with van der Waals surface area (Å²) in [6.45, 7) is 0. The van der Waals surface area contributed by atoms with Gasteiger partial charge in [-0.15, -0.1) is 0 Å². The lowest BCUT2D eigenvalue weighted by atomic mass is 9.75. The lowest BCUT2D eigenvalue weighted by molar-refractivity contribution is -0.184. The standard InChI is InChI=1S/C11H20F3NO2S/c1-18(16,17)8-2-5-10(15)6-3-9(4-7-10)11(12,13)14/h9H,2-8,15H2,1H3. The predicted molar refractivity (Wildman–Crippen MR) is 63.9 cm³/mol. The molecule has 7 heteroatoms. The van der Waals surface area contributed by atoms with Crippen molar-refractivity contribution >= 4 is 9.84 Å². The summed E-state index contributed by atoms with van der Waals surface area (Å²) in [6.07, 6.45) is -1.33. The van der Waals surface area contributed by atoms with E-state index in [1.165, 1.54) is 0 Å². The van der Waals surface area contributed by atoms with E-state index in [2.05, 4.69) is 0 Å². The fourth-order valence-electron chi connectivity index (χ4n) is 2.46. The van der Waals surface area contributed by atoms with Crippen LogP contribution in [0.2, 0.25) is 0 Å². The number of hydrogen-bond acceptors (Lipinski definition) is 3. The Morgan fingerprint density at radius 3 is 2.17 bits per heavy atom. The predicted octanol–water partition coefficient (Wildman–Crippen LogP) is 2.26. The molecule has 0 aromatic heterocycles. The molecule has 1 aliphatic rings. The third-order valence-corrected chi connectivity index (χ3v) is 4.66. The van der Waals surface area contributed by atoms with Crippen LogP contribution in [0.4, 0.5) is 13.2 Å². The van der Waals surface area contributed by atoms with E-state index < -0.39 is 27.5 Å². The Bertz CT molecular complexity index is 370.